The highest BCUT2D eigenvalue weighted by Crippen LogP contribution is 2.45. The summed E-state index contributed by atoms with van der Waals surface area (Å²) < 4.78 is 48.3. The molecule has 0 radical (unpaired) electrons. The van der Waals surface area contributed by atoms with Gasteiger partial charge in [-0.3, -0.25) is 4.72 Å². The number of amides is 1. The Morgan fingerprint density at radius 2 is 1.98 bits per heavy atom. The number of likely N-dealkylation sites (tertiary alicyclic amines) is 1. The number of halogens is 1. The van der Waals surface area contributed by atoms with Gasteiger partial charge in [-0.1, -0.05) is 33.8 Å². The first-order valence-corrected chi connectivity index (χ1v) is 15.7. The van der Waals surface area contributed by atoms with Gasteiger partial charge in [-0.15, -0.1) is 11.3 Å². The van der Waals surface area contributed by atoms with Crippen molar-refractivity contribution in [2.75, 3.05) is 35.9 Å². The number of nitrogens with two attached hydrogens (primary N) is 1. The van der Waals surface area contributed by atoms with Crippen molar-refractivity contribution in [1.29, 1.82) is 0 Å². The van der Waals surface area contributed by atoms with Crippen LogP contribution >= 0.6 is 11.3 Å². The molecule has 3 heterocycles. The maximum atomic E-state index is 15.8. The summed E-state index contributed by atoms with van der Waals surface area (Å²) in [7, 11) is -3.70. The molecule has 0 spiro atoms. The van der Waals surface area contributed by atoms with Crippen molar-refractivity contribution in [1.82, 2.24) is 19.9 Å². The smallest absolute Gasteiger partial charge is 0.409 e. The van der Waals surface area contributed by atoms with E-state index in [1.807, 2.05) is 13.8 Å². The summed E-state index contributed by atoms with van der Waals surface area (Å²) in [5.41, 5.74) is 6.30. The number of carbonyl (C=O) groups excluding carboxylic acids is 1. The molecule has 0 saturated carbocycles. The lowest BCUT2D eigenvalue weighted by Gasteiger charge is -2.37. The van der Waals surface area contributed by atoms with E-state index in [1.165, 1.54) is 23.6 Å². The van der Waals surface area contributed by atoms with Crippen LogP contribution in [0, 0.1) is 11.7 Å². The normalized spacial score (nSPS) is 15.3. The Bertz CT molecular complexity index is 1470. The zero-order chi connectivity index (χ0) is 29.1. The van der Waals surface area contributed by atoms with Gasteiger partial charge in [0.15, 0.2) is 5.82 Å². The fourth-order valence-electron chi connectivity index (χ4n) is 4.44. The number of thiazole rings is 1. The highest BCUT2D eigenvalue weighted by Gasteiger charge is 2.38. The van der Waals surface area contributed by atoms with Crippen molar-refractivity contribution in [3.8, 4) is 21.8 Å². The van der Waals surface area contributed by atoms with Crippen LogP contribution in [-0.4, -0.2) is 59.8 Å². The number of nitrogen functional groups attached to an aromatic ring is 1. The summed E-state index contributed by atoms with van der Waals surface area (Å²) in [4.78, 5) is 28.0. The van der Waals surface area contributed by atoms with E-state index in [2.05, 4.69) is 21.6 Å². The molecule has 1 amide bonds. The Kier molecular flexibility index (Phi) is 8.93. The SMILES string of the molecule is CCCS(=O)(=O)Nc1cccc(-c2nc(C3(C)CCN(C(=O)OCC(C)C)CC3)sc2-c2ccnc(N)n2)c1F. The molecule has 4 rings (SSSR count). The highest BCUT2D eigenvalue weighted by atomic mass is 32.2. The van der Waals surface area contributed by atoms with Gasteiger partial charge in [0.25, 0.3) is 0 Å². The van der Waals surface area contributed by atoms with Crippen LogP contribution in [0.25, 0.3) is 21.8 Å². The molecule has 1 aliphatic rings. The third kappa shape index (κ3) is 6.69. The van der Waals surface area contributed by atoms with Crippen molar-refractivity contribution in [3.05, 3.63) is 41.3 Å². The first-order valence-electron chi connectivity index (χ1n) is 13.2. The number of hydrogen-bond donors (Lipinski definition) is 2. The lowest BCUT2D eigenvalue weighted by molar-refractivity contribution is 0.0762. The second kappa shape index (κ2) is 12.0. The van der Waals surface area contributed by atoms with E-state index in [1.54, 1.807) is 30.0 Å². The van der Waals surface area contributed by atoms with Crippen LogP contribution in [0.3, 0.4) is 0 Å². The lowest BCUT2D eigenvalue weighted by Crippen LogP contribution is -2.44. The molecule has 0 unspecified atom stereocenters. The quantitative estimate of drug-likeness (QED) is 0.343. The molecule has 1 aliphatic heterocycles. The predicted molar refractivity (Wildman–Crippen MR) is 155 cm³/mol. The molecule has 1 saturated heterocycles. The van der Waals surface area contributed by atoms with Crippen LogP contribution in [0.1, 0.15) is 52.0 Å². The minimum absolute atomic E-state index is 0.0689. The maximum Gasteiger partial charge on any atom is 0.409 e. The fourth-order valence-corrected chi connectivity index (χ4v) is 6.83. The largest absolute Gasteiger partial charge is 0.449 e. The van der Waals surface area contributed by atoms with Crippen molar-refractivity contribution >= 4 is 39.1 Å². The van der Waals surface area contributed by atoms with E-state index in [4.69, 9.17) is 15.5 Å². The number of aromatic nitrogens is 3. The van der Waals surface area contributed by atoms with Crippen LogP contribution in [-0.2, 0) is 20.2 Å². The van der Waals surface area contributed by atoms with Gasteiger partial charge in [0, 0.05) is 30.3 Å². The second-order valence-corrected chi connectivity index (χ2v) is 13.4. The van der Waals surface area contributed by atoms with E-state index in [0.29, 0.717) is 55.2 Å². The van der Waals surface area contributed by atoms with Crippen molar-refractivity contribution in [3.63, 3.8) is 0 Å². The molecule has 40 heavy (non-hydrogen) atoms. The predicted octanol–water partition coefficient (Wildman–Crippen LogP) is 5.29. The zero-order valence-corrected chi connectivity index (χ0v) is 24.7. The number of nitrogens with zero attached hydrogens (tertiary/aromatic N) is 4. The van der Waals surface area contributed by atoms with Gasteiger partial charge < -0.3 is 15.4 Å². The molecule has 10 nitrogen and oxygen atoms in total. The molecule has 1 aromatic carbocycles. The van der Waals surface area contributed by atoms with Gasteiger partial charge in [0.1, 0.15) is 0 Å². The summed E-state index contributed by atoms with van der Waals surface area (Å²) in [6.45, 7) is 9.16. The average molecular weight is 591 g/mol. The summed E-state index contributed by atoms with van der Waals surface area (Å²) in [6, 6.07) is 6.22. The van der Waals surface area contributed by atoms with Gasteiger partial charge >= 0.3 is 6.09 Å². The molecular formula is C27H35FN6O4S2. The van der Waals surface area contributed by atoms with Crippen molar-refractivity contribution in [2.45, 2.75) is 52.4 Å². The number of hydrogen-bond acceptors (Lipinski definition) is 9. The summed E-state index contributed by atoms with van der Waals surface area (Å²) in [5, 5.41) is 0.765. The lowest BCUT2D eigenvalue weighted by atomic mass is 9.81. The monoisotopic (exact) mass is 590 g/mol. The van der Waals surface area contributed by atoms with Crippen LogP contribution in [0.15, 0.2) is 30.5 Å². The van der Waals surface area contributed by atoms with E-state index in [9.17, 15) is 13.2 Å². The number of rotatable bonds is 9. The van der Waals surface area contributed by atoms with Crippen LogP contribution in [0.5, 0.6) is 0 Å². The molecule has 0 atom stereocenters. The average Bonchev–Trinajstić information content (AvgIpc) is 3.35. The van der Waals surface area contributed by atoms with Gasteiger partial charge in [0.05, 0.1) is 39.3 Å². The van der Waals surface area contributed by atoms with Gasteiger partial charge in [0.2, 0.25) is 16.0 Å². The van der Waals surface area contributed by atoms with Crippen LogP contribution in [0.2, 0.25) is 0 Å². The van der Waals surface area contributed by atoms with Gasteiger partial charge in [-0.05, 0) is 43.4 Å². The molecular weight excluding hydrogens is 555 g/mol. The second-order valence-electron chi connectivity index (χ2n) is 10.6. The number of ether oxygens (including phenoxy) is 1. The maximum absolute atomic E-state index is 15.8. The Balaban J connectivity index is 1.71. The Labute approximate surface area is 238 Å². The minimum Gasteiger partial charge on any atom is -0.449 e. The summed E-state index contributed by atoms with van der Waals surface area (Å²) in [6.07, 6.45) is 2.88. The molecule has 3 N–H and O–H groups in total. The standard InChI is InChI=1S/C27H35FN6O4S2/c1-5-15-40(36,37)33-19-8-6-7-18(21(19)28)22-23(20-9-12-30-25(29)31-20)39-24(32-22)27(4)10-13-34(14-11-27)26(35)38-16-17(2)3/h6-9,12,17,33H,5,10-11,13-16H2,1-4H3,(H2,29,30,31). The van der Waals surface area contributed by atoms with Crippen LogP contribution < -0.4 is 10.5 Å². The Hall–Kier alpha value is -3.32. The molecule has 3 aromatic rings. The van der Waals surface area contributed by atoms with Crippen molar-refractivity contribution in [2.24, 2.45) is 5.92 Å². The van der Waals surface area contributed by atoms with E-state index in [-0.39, 0.29) is 40.4 Å². The summed E-state index contributed by atoms with van der Waals surface area (Å²) >= 11 is 1.38. The number of anilines is 2. The fraction of sp³-hybridized carbons (Fsp3) is 0.481. The van der Waals surface area contributed by atoms with E-state index >= 15 is 4.39 Å². The van der Waals surface area contributed by atoms with Crippen LogP contribution in [0.4, 0.5) is 20.8 Å². The first kappa shape index (κ1) is 29.7. The number of piperidine rings is 1. The molecule has 1 fully saturated rings. The molecule has 2 aromatic heterocycles. The Morgan fingerprint density at radius 3 is 2.62 bits per heavy atom. The highest BCUT2D eigenvalue weighted by molar-refractivity contribution is 7.92. The van der Waals surface area contributed by atoms with E-state index < -0.39 is 15.8 Å². The van der Waals surface area contributed by atoms with Crippen molar-refractivity contribution < 1.29 is 22.3 Å². The Morgan fingerprint density at radius 1 is 1.25 bits per heavy atom. The number of benzene rings is 1. The van der Waals surface area contributed by atoms with Gasteiger partial charge in [-0.2, -0.15) is 0 Å². The molecule has 0 bridgehead atoms. The minimum atomic E-state index is -3.70. The molecule has 216 valence electrons. The third-order valence-electron chi connectivity index (χ3n) is 6.71. The first-order chi connectivity index (χ1) is 18.9. The summed E-state index contributed by atoms with van der Waals surface area (Å²) in [5.74, 6) is -0.527. The molecule has 13 heteroatoms. The zero-order valence-electron chi connectivity index (χ0n) is 23.1. The van der Waals surface area contributed by atoms with E-state index in [0.717, 1.165) is 5.01 Å². The molecule has 0 aliphatic carbocycles. The third-order valence-corrected chi connectivity index (χ3v) is 9.57. The topological polar surface area (TPSA) is 140 Å². The number of sulfonamides is 1. The van der Waals surface area contributed by atoms with Gasteiger partial charge in [-0.25, -0.2) is 32.6 Å². The number of carbonyl (C=O) groups is 1. The number of nitrogens with one attached hydrogen (secondary N) is 1.